The molecule has 1 atom stereocenters. The first-order valence-electron chi connectivity index (χ1n) is 8.32. The summed E-state index contributed by atoms with van der Waals surface area (Å²) in [5.41, 5.74) is 1.02. The molecule has 134 valence electrons. The fourth-order valence-corrected chi connectivity index (χ4v) is 2.91. The van der Waals surface area contributed by atoms with Crippen LogP contribution >= 0.6 is 0 Å². The van der Waals surface area contributed by atoms with E-state index in [-0.39, 0.29) is 29.8 Å². The average molecular weight is 346 g/mol. The van der Waals surface area contributed by atoms with E-state index in [1.165, 1.54) is 7.11 Å². The molecule has 2 heterocycles. The fourth-order valence-electron chi connectivity index (χ4n) is 2.91. The number of amides is 1. The van der Waals surface area contributed by atoms with Gasteiger partial charge < -0.3 is 15.2 Å². The molecular formula is C17H22N4O4. The number of rotatable bonds is 5. The number of methoxy groups -OCH3 is 1. The number of carbonyl (C=O) groups is 2. The van der Waals surface area contributed by atoms with Crippen LogP contribution in [0.2, 0.25) is 0 Å². The summed E-state index contributed by atoms with van der Waals surface area (Å²) in [7, 11) is 1.37. The molecule has 25 heavy (non-hydrogen) atoms. The Hall–Kier alpha value is -2.48. The molecule has 1 aliphatic rings. The van der Waals surface area contributed by atoms with Gasteiger partial charge >= 0.3 is 5.97 Å². The van der Waals surface area contributed by atoms with Crippen LogP contribution in [0, 0.1) is 11.8 Å². The molecule has 1 amide bonds. The van der Waals surface area contributed by atoms with Gasteiger partial charge in [0, 0.05) is 12.2 Å². The maximum atomic E-state index is 12.4. The molecule has 1 aliphatic carbocycles. The molecule has 0 bridgehead atoms. The van der Waals surface area contributed by atoms with Crippen LogP contribution in [0.4, 0.5) is 0 Å². The van der Waals surface area contributed by atoms with Crippen molar-refractivity contribution >= 4 is 17.5 Å². The second kappa shape index (κ2) is 6.79. The zero-order valence-corrected chi connectivity index (χ0v) is 14.5. The number of hydrogen-bond acceptors (Lipinski definition) is 6. The van der Waals surface area contributed by atoms with Crippen molar-refractivity contribution in [2.24, 2.45) is 11.8 Å². The van der Waals surface area contributed by atoms with Crippen LogP contribution in [0.3, 0.4) is 0 Å². The molecule has 1 fully saturated rings. The highest BCUT2D eigenvalue weighted by Gasteiger charge is 2.36. The number of aliphatic hydroxyl groups excluding tert-OH is 1. The Bertz CT molecular complexity index is 795. The van der Waals surface area contributed by atoms with Crippen LogP contribution in [0.1, 0.15) is 49.0 Å². The van der Waals surface area contributed by atoms with Crippen LogP contribution < -0.4 is 5.32 Å². The third kappa shape index (κ3) is 3.34. The lowest BCUT2D eigenvalue weighted by molar-refractivity contribution is -0.149. The molecule has 0 spiro atoms. The number of aromatic nitrogens is 3. The number of nitrogens with one attached hydrogen (secondary N) is 1. The van der Waals surface area contributed by atoms with Gasteiger partial charge in [-0.05, 0) is 30.9 Å². The van der Waals surface area contributed by atoms with E-state index in [2.05, 4.69) is 15.5 Å². The molecule has 2 aromatic heterocycles. The Balaban J connectivity index is 1.72. The van der Waals surface area contributed by atoms with Crippen molar-refractivity contribution in [2.75, 3.05) is 7.11 Å². The third-order valence-electron chi connectivity index (χ3n) is 4.59. The predicted octanol–water partition coefficient (Wildman–Crippen LogP) is 1.10. The quantitative estimate of drug-likeness (QED) is 0.786. The van der Waals surface area contributed by atoms with E-state index in [1.54, 1.807) is 22.7 Å². The van der Waals surface area contributed by atoms with E-state index in [9.17, 15) is 14.7 Å². The van der Waals surface area contributed by atoms with Crippen LogP contribution in [-0.2, 0) is 9.53 Å². The molecule has 8 nitrogen and oxygen atoms in total. The summed E-state index contributed by atoms with van der Waals surface area (Å²) in [5.74, 6) is -0.204. The first kappa shape index (κ1) is 17.3. The van der Waals surface area contributed by atoms with Gasteiger partial charge in [-0.3, -0.25) is 14.0 Å². The van der Waals surface area contributed by atoms with Crippen molar-refractivity contribution in [3.8, 4) is 0 Å². The van der Waals surface area contributed by atoms with Crippen LogP contribution in [0.5, 0.6) is 0 Å². The minimum Gasteiger partial charge on any atom is -0.469 e. The van der Waals surface area contributed by atoms with Crippen molar-refractivity contribution in [3.05, 3.63) is 29.7 Å². The molecule has 0 radical (unpaired) electrons. The lowest BCUT2D eigenvalue weighted by Crippen LogP contribution is -2.47. The number of ether oxygens (including phenoxy) is 1. The monoisotopic (exact) mass is 346 g/mol. The summed E-state index contributed by atoms with van der Waals surface area (Å²) in [6.07, 6.45) is 2.04. The second-order valence-electron chi connectivity index (χ2n) is 6.75. The standard InChI is InChI=1S/C17H22N4O4/c1-9(2)14(22)15-20-19-13-5-4-10(8-21(13)15)16(23)18-12-6-11(7-12)17(24)25-3/h4-5,8-9,11-12,14,22H,6-7H2,1-3H3,(H,18,23). The number of nitrogens with zero attached hydrogens (tertiary/aromatic N) is 3. The highest BCUT2D eigenvalue weighted by atomic mass is 16.5. The summed E-state index contributed by atoms with van der Waals surface area (Å²) in [4.78, 5) is 23.8. The van der Waals surface area contributed by atoms with Gasteiger partial charge in [0.2, 0.25) is 0 Å². The SMILES string of the molecule is COC(=O)C1CC(NC(=O)c2ccc3nnc(C(O)C(C)C)n3c2)C1. The highest BCUT2D eigenvalue weighted by Crippen LogP contribution is 2.28. The maximum Gasteiger partial charge on any atom is 0.308 e. The van der Waals surface area contributed by atoms with Gasteiger partial charge in [-0.1, -0.05) is 13.8 Å². The third-order valence-corrected chi connectivity index (χ3v) is 4.59. The number of pyridine rings is 1. The average Bonchev–Trinajstić information content (AvgIpc) is 2.98. The van der Waals surface area contributed by atoms with Crippen LogP contribution in [0.15, 0.2) is 18.3 Å². The van der Waals surface area contributed by atoms with E-state index in [0.29, 0.717) is 29.9 Å². The Morgan fingerprint density at radius 1 is 1.32 bits per heavy atom. The zero-order chi connectivity index (χ0) is 18.1. The number of fused-ring (bicyclic) bond motifs is 1. The van der Waals surface area contributed by atoms with Crippen molar-refractivity contribution in [1.82, 2.24) is 19.9 Å². The van der Waals surface area contributed by atoms with Gasteiger partial charge in [0.15, 0.2) is 11.5 Å². The molecule has 1 unspecified atom stereocenters. The fraction of sp³-hybridized carbons (Fsp3) is 0.529. The maximum absolute atomic E-state index is 12.4. The van der Waals surface area contributed by atoms with E-state index < -0.39 is 6.10 Å². The molecular weight excluding hydrogens is 324 g/mol. The summed E-state index contributed by atoms with van der Waals surface area (Å²) in [6.45, 7) is 3.77. The van der Waals surface area contributed by atoms with Gasteiger partial charge in [0.05, 0.1) is 18.6 Å². The minimum absolute atomic E-state index is 0.0184. The Morgan fingerprint density at radius 2 is 2.04 bits per heavy atom. The van der Waals surface area contributed by atoms with E-state index in [4.69, 9.17) is 4.74 Å². The highest BCUT2D eigenvalue weighted by molar-refractivity contribution is 5.94. The van der Waals surface area contributed by atoms with Crippen LogP contribution in [-0.4, -0.2) is 44.7 Å². The second-order valence-corrected chi connectivity index (χ2v) is 6.75. The van der Waals surface area contributed by atoms with E-state index in [1.807, 2.05) is 13.8 Å². The van der Waals surface area contributed by atoms with Crippen molar-refractivity contribution < 1.29 is 19.4 Å². The first-order chi connectivity index (χ1) is 11.9. The largest absolute Gasteiger partial charge is 0.469 e. The number of hydrogen-bond donors (Lipinski definition) is 2. The Kier molecular flexibility index (Phi) is 4.71. The summed E-state index contributed by atoms with van der Waals surface area (Å²) < 4.78 is 6.33. The van der Waals surface area contributed by atoms with Gasteiger partial charge in [-0.15, -0.1) is 10.2 Å². The summed E-state index contributed by atoms with van der Waals surface area (Å²) in [6, 6.07) is 3.33. The smallest absolute Gasteiger partial charge is 0.308 e. The predicted molar refractivity (Wildman–Crippen MR) is 88.8 cm³/mol. The minimum atomic E-state index is -0.763. The molecule has 1 saturated carbocycles. The van der Waals surface area contributed by atoms with Gasteiger partial charge in [0.1, 0.15) is 6.10 Å². The number of esters is 1. The molecule has 3 rings (SSSR count). The number of aliphatic hydroxyl groups is 1. The Morgan fingerprint density at radius 3 is 2.68 bits per heavy atom. The molecule has 2 aromatic rings. The summed E-state index contributed by atoms with van der Waals surface area (Å²) in [5, 5.41) is 21.2. The van der Waals surface area contributed by atoms with Gasteiger partial charge in [-0.2, -0.15) is 0 Å². The van der Waals surface area contributed by atoms with Crippen molar-refractivity contribution in [1.29, 1.82) is 0 Å². The topological polar surface area (TPSA) is 106 Å². The molecule has 0 aromatic carbocycles. The van der Waals surface area contributed by atoms with Crippen molar-refractivity contribution in [3.63, 3.8) is 0 Å². The Labute approximate surface area is 145 Å². The zero-order valence-electron chi connectivity index (χ0n) is 14.5. The lowest BCUT2D eigenvalue weighted by Gasteiger charge is -2.33. The van der Waals surface area contributed by atoms with Gasteiger partial charge in [0.25, 0.3) is 5.91 Å². The van der Waals surface area contributed by atoms with E-state index in [0.717, 1.165) is 0 Å². The molecule has 8 heteroatoms. The van der Waals surface area contributed by atoms with E-state index >= 15 is 0 Å². The summed E-state index contributed by atoms with van der Waals surface area (Å²) >= 11 is 0. The number of carbonyl (C=O) groups excluding carboxylic acids is 2. The molecule has 2 N–H and O–H groups in total. The normalized spacial score (nSPS) is 21.0. The van der Waals surface area contributed by atoms with Gasteiger partial charge in [-0.25, -0.2) is 0 Å². The lowest BCUT2D eigenvalue weighted by atomic mass is 9.80. The first-order valence-corrected chi connectivity index (χ1v) is 8.32. The molecule has 0 saturated heterocycles. The molecule has 0 aliphatic heterocycles. The van der Waals surface area contributed by atoms with Crippen LogP contribution in [0.25, 0.3) is 5.65 Å². The van der Waals surface area contributed by atoms with Crippen molar-refractivity contribution in [2.45, 2.75) is 38.8 Å².